The number of carbonyl (C=O) groups excluding carboxylic acids is 1. The number of aromatic nitrogens is 4. The van der Waals surface area contributed by atoms with Gasteiger partial charge in [0, 0.05) is 18.3 Å². The summed E-state index contributed by atoms with van der Waals surface area (Å²) in [5, 5.41) is 11.3. The molecule has 0 aliphatic heterocycles. The minimum atomic E-state index is -0.307. The predicted octanol–water partition coefficient (Wildman–Crippen LogP) is 3.42. The van der Waals surface area contributed by atoms with Gasteiger partial charge in [0.25, 0.3) is 5.91 Å². The number of ether oxygens (including phenoxy) is 2. The number of halogens is 1. The van der Waals surface area contributed by atoms with Crippen molar-refractivity contribution in [3.63, 3.8) is 0 Å². The Morgan fingerprint density at radius 1 is 1.13 bits per heavy atom. The molecule has 2 aromatic carbocycles. The maximum atomic E-state index is 12.7. The van der Waals surface area contributed by atoms with Crippen LogP contribution in [-0.2, 0) is 6.54 Å². The molecule has 0 saturated carbocycles. The van der Waals surface area contributed by atoms with Gasteiger partial charge in [0.05, 0.1) is 30.5 Å². The molecule has 8 nitrogen and oxygen atoms in total. The molecule has 4 aromatic rings. The number of rotatable bonds is 6. The molecule has 0 radical (unpaired) electrons. The summed E-state index contributed by atoms with van der Waals surface area (Å²) in [6, 6.07) is 14.1. The van der Waals surface area contributed by atoms with Crippen molar-refractivity contribution in [1.29, 1.82) is 0 Å². The van der Waals surface area contributed by atoms with Gasteiger partial charge >= 0.3 is 0 Å². The van der Waals surface area contributed by atoms with Crippen LogP contribution < -0.4 is 14.8 Å². The average molecular weight is 424 g/mol. The van der Waals surface area contributed by atoms with Crippen LogP contribution in [0, 0.1) is 0 Å². The molecule has 152 valence electrons. The summed E-state index contributed by atoms with van der Waals surface area (Å²) in [7, 11) is 3.16. The van der Waals surface area contributed by atoms with E-state index >= 15 is 0 Å². The van der Waals surface area contributed by atoms with Crippen LogP contribution in [0.3, 0.4) is 0 Å². The molecule has 0 aliphatic carbocycles. The van der Waals surface area contributed by atoms with Gasteiger partial charge in [-0.1, -0.05) is 16.8 Å². The number of hydrogen-bond acceptors (Lipinski definition) is 6. The number of pyridine rings is 1. The minimum Gasteiger partial charge on any atom is -0.497 e. The van der Waals surface area contributed by atoms with E-state index in [4.69, 9.17) is 21.1 Å². The first-order valence-corrected chi connectivity index (χ1v) is 9.44. The van der Waals surface area contributed by atoms with Crippen LogP contribution in [0.4, 0.5) is 0 Å². The van der Waals surface area contributed by atoms with E-state index in [1.807, 2.05) is 12.1 Å². The fraction of sp³-hybridized carbons (Fsp3) is 0.143. The summed E-state index contributed by atoms with van der Waals surface area (Å²) < 4.78 is 12.2. The lowest BCUT2D eigenvalue weighted by Crippen LogP contribution is -2.23. The molecule has 0 saturated heterocycles. The highest BCUT2D eigenvalue weighted by Gasteiger charge is 2.15. The molecule has 0 unspecified atom stereocenters. The Balaban J connectivity index is 1.54. The van der Waals surface area contributed by atoms with Gasteiger partial charge in [0.15, 0.2) is 5.65 Å². The highest BCUT2D eigenvalue weighted by atomic mass is 35.5. The van der Waals surface area contributed by atoms with E-state index in [1.54, 1.807) is 61.5 Å². The molecule has 0 fully saturated rings. The summed E-state index contributed by atoms with van der Waals surface area (Å²) in [5.41, 5.74) is 3.07. The molecule has 0 atom stereocenters. The van der Waals surface area contributed by atoms with Crippen molar-refractivity contribution in [1.82, 2.24) is 25.3 Å². The Labute approximate surface area is 177 Å². The second-order valence-corrected chi connectivity index (χ2v) is 6.78. The molecule has 1 N–H and O–H groups in total. The van der Waals surface area contributed by atoms with Crippen LogP contribution in [0.1, 0.15) is 15.9 Å². The highest BCUT2D eigenvalue weighted by molar-refractivity contribution is 6.34. The van der Waals surface area contributed by atoms with Gasteiger partial charge in [-0.25, -0.2) is 4.98 Å². The molecule has 0 aliphatic rings. The zero-order valence-electron chi connectivity index (χ0n) is 16.3. The van der Waals surface area contributed by atoms with E-state index in [2.05, 4.69) is 20.6 Å². The third kappa shape index (κ3) is 3.77. The van der Waals surface area contributed by atoms with Crippen LogP contribution in [0.2, 0.25) is 5.02 Å². The summed E-state index contributed by atoms with van der Waals surface area (Å²) in [4.78, 5) is 17.0. The first kappa shape index (κ1) is 19.7. The van der Waals surface area contributed by atoms with Crippen molar-refractivity contribution in [3.05, 3.63) is 70.9 Å². The summed E-state index contributed by atoms with van der Waals surface area (Å²) in [6.07, 6.45) is 1.67. The number of nitrogens with one attached hydrogen (secondary N) is 1. The lowest BCUT2D eigenvalue weighted by atomic mass is 10.1. The van der Waals surface area contributed by atoms with Crippen molar-refractivity contribution in [3.8, 4) is 17.2 Å². The lowest BCUT2D eigenvalue weighted by Gasteiger charge is -2.12. The summed E-state index contributed by atoms with van der Waals surface area (Å²) >= 11 is 6.39. The quantitative estimate of drug-likeness (QED) is 0.511. The lowest BCUT2D eigenvalue weighted by molar-refractivity contribution is 0.0951. The standard InChI is InChI=1S/C21H18ClN5O3/c1-29-15-6-8-19(30-2)13(10-15)12-24-21(28)16-7-5-14(11-17(16)22)27-20-18(25-26-27)4-3-9-23-20/h3-11H,12H2,1-2H3,(H,24,28). The molecule has 2 aromatic heterocycles. The first-order chi connectivity index (χ1) is 14.6. The average Bonchev–Trinajstić information content (AvgIpc) is 3.21. The number of nitrogens with zero attached hydrogens (tertiary/aromatic N) is 4. The first-order valence-electron chi connectivity index (χ1n) is 9.06. The second kappa shape index (κ2) is 8.38. The van der Waals surface area contributed by atoms with Crippen LogP contribution in [0.15, 0.2) is 54.7 Å². The van der Waals surface area contributed by atoms with Gasteiger partial charge in [-0.2, -0.15) is 4.68 Å². The number of methoxy groups -OCH3 is 2. The number of hydrogen-bond donors (Lipinski definition) is 1. The molecule has 9 heteroatoms. The largest absolute Gasteiger partial charge is 0.497 e. The highest BCUT2D eigenvalue weighted by Crippen LogP contribution is 2.25. The summed E-state index contributed by atoms with van der Waals surface area (Å²) in [5.74, 6) is 1.03. The van der Waals surface area contributed by atoms with Gasteiger partial charge in [-0.05, 0) is 48.5 Å². The van der Waals surface area contributed by atoms with Crippen LogP contribution in [0.25, 0.3) is 16.9 Å². The van der Waals surface area contributed by atoms with Gasteiger partial charge < -0.3 is 14.8 Å². The van der Waals surface area contributed by atoms with Crippen molar-refractivity contribution in [2.45, 2.75) is 6.54 Å². The monoisotopic (exact) mass is 423 g/mol. The molecule has 2 heterocycles. The molecule has 1 amide bonds. The Morgan fingerprint density at radius 2 is 2.00 bits per heavy atom. The fourth-order valence-corrected chi connectivity index (χ4v) is 3.31. The maximum absolute atomic E-state index is 12.7. The molecule has 4 rings (SSSR count). The zero-order chi connectivity index (χ0) is 21.1. The third-order valence-electron chi connectivity index (χ3n) is 4.58. The molecular formula is C21H18ClN5O3. The number of carbonyl (C=O) groups is 1. The number of fused-ring (bicyclic) bond motifs is 1. The van der Waals surface area contributed by atoms with Gasteiger partial charge in [-0.3, -0.25) is 4.79 Å². The van der Waals surface area contributed by atoms with E-state index in [-0.39, 0.29) is 12.5 Å². The molecular weight excluding hydrogens is 406 g/mol. The van der Waals surface area contributed by atoms with Crippen molar-refractivity contribution in [2.75, 3.05) is 14.2 Å². The van der Waals surface area contributed by atoms with Crippen LogP contribution in [0.5, 0.6) is 11.5 Å². The van der Waals surface area contributed by atoms with E-state index < -0.39 is 0 Å². The van der Waals surface area contributed by atoms with E-state index in [1.165, 1.54) is 0 Å². The van der Waals surface area contributed by atoms with E-state index in [0.29, 0.717) is 38.9 Å². The molecule has 0 bridgehead atoms. The predicted molar refractivity (Wildman–Crippen MR) is 112 cm³/mol. The molecule has 0 spiro atoms. The Morgan fingerprint density at radius 3 is 2.77 bits per heavy atom. The van der Waals surface area contributed by atoms with Gasteiger partial charge in [-0.15, -0.1) is 5.10 Å². The SMILES string of the molecule is COc1ccc(OC)c(CNC(=O)c2ccc(-n3nnc4cccnc43)cc2Cl)c1. The maximum Gasteiger partial charge on any atom is 0.253 e. The normalized spacial score (nSPS) is 10.8. The van der Waals surface area contributed by atoms with Crippen molar-refractivity contribution < 1.29 is 14.3 Å². The second-order valence-electron chi connectivity index (χ2n) is 6.37. The van der Waals surface area contributed by atoms with E-state index in [9.17, 15) is 4.79 Å². The van der Waals surface area contributed by atoms with E-state index in [0.717, 1.165) is 5.56 Å². The van der Waals surface area contributed by atoms with Crippen molar-refractivity contribution >= 4 is 28.7 Å². The van der Waals surface area contributed by atoms with Gasteiger partial charge in [0.2, 0.25) is 0 Å². The molecule has 30 heavy (non-hydrogen) atoms. The minimum absolute atomic E-state index is 0.259. The smallest absolute Gasteiger partial charge is 0.253 e. The summed E-state index contributed by atoms with van der Waals surface area (Å²) in [6.45, 7) is 0.259. The topological polar surface area (TPSA) is 91.2 Å². The fourth-order valence-electron chi connectivity index (χ4n) is 3.05. The number of amides is 1. The van der Waals surface area contributed by atoms with Gasteiger partial charge in [0.1, 0.15) is 17.0 Å². The Kier molecular flexibility index (Phi) is 5.49. The Bertz CT molecular complexity index is 1220. The number of benzene rings is 2. The van der Waals surface area contributed by atoms with Crippen LogP contribution >= 0.6 is 11.6 Å². The third-order valence-corrected chi connectivity index (χ3v) is 4.89. The Hall–Kier alpha value is -3.65. The van der Waals surface area contributed by atoms with Crippen molar-refractivity contribution in [2.24, 2.45) is 0 Å². The van der Waals surface area contributed by atoms with Crippen LogP contribution in [-0.4, -0.2) is 40.1 Å². The zero-order valence-corrected chi connectivity index (χ0v) is 17.1.